The third-order valence-electron chi connectivity index (χ3n) is 4.21. The number of nitrogens with zero attached hydrogens (tertiary/aromatic N) is 2. The van der Waals surface area contributed by atoms with Gasteiger partial charge < -0.3 is 14.8 Å². The van der Waals surface area contributed by atoms with E-state index in [0.29, 0.717) is 6.42 Å². The number of hydrogen-bond donors (Lipinski definition) is 0. The fourth-order valence-electron chi connectivity index (χ4n) is 2.95. The van der Waals surface area contributed by atoms with E-state index in [1.54, 1.807) is 0 Å². The molecule has 0 aliphatic carbocycles. The average Bonchev–Trinajstić information content (AvgIpc) is 2.59. The predicted octanol–water partition coefficient (Wildman–Crippen LogP) is 3.10. The quantitative estimate of drug-likeness (QED) is 0.294. The molecule has 0 aromatic rings. The van der Waals surface area contributed by atoms with Gasteiger partial charge in [-0.25, -0.2) is 0 Å². The van der Waals surface area contributed by atoms with Crippen LogP contribution in [0.25, 0.3) is 0 Å². The molecule has 0 radical (unpaired) electrons. The van der Waals surface area contributed by atoms with Crippen LogP contribution in [0.5, 0.6) is 0 Å². The van der Waals surface area contributed by atoms with E-state index in [1.807, 2.05) is 0 Å². The number of unbranched alkanes of at least 4 members (excludes halogenated alkanes) is 3. The molecule has 0 unspecified atom stereocenters. The Morgan fingerprint density at radius 2 is 1.74 bits per heavy atom. The molecular formula is C15H28N2O2. The Hall–Kier alpha value is -0.900. The molecule has 0 amide bonds. The number of ketones is 1. The van der Waals surface area contributed by atoms with Gasteiger partial charge in [-0.3, -0.25) is 4.79 Å². The highest BCUT2D eigenvalue weighted by molar-refractivity contribution is 6.27. The molecule has 1 aliphatic heterocycles. The highest BCUT2D eigenvalue weighted by Crippen LogP contribution is 2.17. The van der Waals surface area contributed by atoms with E-state index in [4.69, 9.17) is 0 Å². The van der Waals surface area contributed by atoms with Crippen LogP contribution >= 0.6 is 0 Å². The summed E-state index contributed by atoms with van der Waals surface area (Å²) in [6.07, 6.45) is 11.3. The number of Topliss-reactive ketones (excluding diaryl/α,β-unsaturated/α-hetero) is 1. The molecule has 1 fully saturated rings. The van der Waals surface area contributed by atoms with E-state index in [-0.39, 0.29) is 5.78 Å². The van der Waals surface area contributed by atoms with Crippen molar-refractivity contribution < 1.29 is 9.28 Å². The minimum atomic E-state index is -0.137. The summed E-state index contributed by atoms with van der Waals surface area (Å²) in [5.74, 6) is -0.137. The molecule has 1 rings (SSSR count). The first-order chi connectivity index (χ1) is 9.16. The summed E-state index contributed by atoms with van der Waals surface area (Å²) in [6.45, 7) is 3.94. The summed E-state index contributed by atoms with van der Waals surface area (Å²) < 4.78 is 1.24. The van der Waals surface area contributed by atoms with Crippen LogP contribution in [0.2, 0.25) is 0 Å². The molecule has 0 atom stereocenters. The first-order valence-corrected chi connectivity index (χ1v) is 7.68. The van der Waals surface area contributed by atoms with Crippen molar-refractivity contribution >= 4 is 12.0 Å². The van der Waals surface area contributed by atoms with Crippen LogP contribution in [0.3, 0.4) is 0 Å². The molecule has 1 heterocycles. The third-order valence-corrected chi connectivity index (χ3v) is 4.21. The molecule has 1 saturated heterocycles. The minimum Gasteiger partial charge on any atom is -0.792 e. The normalized spacial score (nSPS) is 19.4. The monoisotopic (exact) mass is 268 g/mol. The lowest BCUT2D eigenvalue weighted by Crippen LogP contribution is -2.45. The molecule has 0 N–H and O–H groups in total. The maximum atomic E-state index is 11.1. The Balaban J connectivity index is 2.05. The molecule has 1 aliphatic rings. The minimum absolute atomic E-state index is 0.137. The van der Waals surface area contributed by atoms with Crippen LogP contribution in [0.4, 0.5) is 0 Å². The highest BCUT2D eigenvalue weighted by atomic mass is 16.4. The molecular weight excluding hydrogens is 240 g/mol. The van der Waals surface area contributed by atoms with Crippen molar-refractivity contribution in [2.75, 3.05) is 26.7 Å². The Morgan fingerprint density at radius 3 is 2.37 bits per heavy atom. The van der Waals surface area contributed by atoms with Crippen LogP contribution in [0.15, 0.2) is 5.16 Å². The number of hydrogen-bond acceptors (Lipinski definition) is 3. The van der Waals surface area contributed by atoms with Gasteiger partial charge >= 0.3 is 0 Å². The molecule has 0 saturated carbocycles. The number of rotatable bonds is 8. The summed E-state index contributed by atoms with van der Waals surface area (Å²) in [6, 6.07) is 0. The van der Waals surface area contributed by atoms with Crippen molar-refractivity contribution in [3.63, 3.8) is 0 Å². The zero-order chi connectivity index (χ0) is 14.0. The van der Waals surface area contributed by atoms with Crippen molar-refractivity contribution in [2.24, 2.45) is 5.16 Å². The van der Waals surface area contributed by atoms with Gasteiger partial charge in [0.1, 0.15) is 0 Å². The van der Waals surface area contributed by atoms with Crippen LogP contribution in [0.1, 0.15) is 57.8 Å². The lowest BCUT2D eigenvalue weighted by Gasteiger charge is -2.33. The second kappa shape index (κ2) is 9.08. The molecule has 0 aromatic heterocycles. The molecule has 4 nitrogen and oxygen atoms in total. The van der Waals surface area contributed by atoms with Gasteiger partial charge in [-0.15, -0.1) is 0 Å². The van der Waals surface area contributed by atoms with Crippen LogP contribution < -0.4 is 0 Å². The maximum Gasteiger partial charge on any atom is 0.173 e. The fraction of sp³-hybridized carbons (Fsp3) is 0.867. The van der Waals surface area contributed by atoms with Crippen molar-refractivity contribution in [1.29, 1.82) is 0 Å². The molecule has 110 valence electrons. The largest absolute Gasteiger partial charge is 0.792 e. The van der Waals surface area contributed by atoms with E-state index >= 15 is 0 Å². The molecule has 0 aromatic carbocycles. The van der Waals surface area contributed by atoms with E-state index in [9.17, 15) is 10.0 Å². The number of quaternary nitrogens is 1. The lowest BCUT2D eigenvalue weighted by atomic mass is 10.1. The van der Waals surface area contributed by atoms with Crippen LogP contribution in [-0.2, 0) is 4.79 Å². The van der Waals surface area contributed by atoms with Gasteiger partial charge in [-0.2, -0.15) is 0 Å². The summed E-state index contributed by atoms with van der Waals surface area (Å²) in [7, 11) is 2.39. The Kier molecular flexibility index (Phi) is 7.72. The zero-order valence-corrected chi connectivity index (χ0v) is 12.3. The second-order valence-electron chi connectivity index (χ2n) is 6.07. The summed E-state index contributed by atoms with van der Waals surface area (Å²) in [5.41, 5.74) is 0. The second-order valence-corrected chi connectivity index (χ2v) is 6.07. The van der Waals surface area contributed by atoms with Crippen molar-refractivity contribution in [2.45, 2.75) is 57.8 Å². The zero-order valence-electron chi connectivity index (χ0n) is 12.3. The van der Waals surface area contributed by atoms with Gasteiger partial charge in [0.05, 0.1) is 32.9 Å². The van der Waals surface area contributed by atoms with Gasteiger partial charge in [0, 0.05) is 6.42 Å². The summed E-state index contributed by atoms with van der Waals surface area (Å²) in [5, 5.41) is 12.4. The molecule has 19 heavy (non-hydrogen) atoms. The standard InChI is InChI=1S/C15H28N2O2/c1-17(12-8-4-5-9-13-17)11-7-3-2-6-10-15(18)14-16-19/h14H,2-13H2,1H3. The third kappa shape index (κ3) is 7.31. The summed E-state index contributed by atoms with van der Waals surface area (Å²) in [4.78, 5) is 11.1. The van der Waals surface area contributed by atoms with E-state index in [2.05, 4.69) is 12.2 Å². The number of carbonyl (C=O) groups excluding carboxylic acids is 1. The first-order valence-electron chi connectivity index (χ1n) is 7.68. The fourth-order valence-corrected chi connectivity index (χ4v) is 2.95. The van der Waals surface area contributed by atoms with Gasteiger partial charge in [0.15, 0.2) is 5.78 Å². The molecule has 0 bridgehead atoms. The van der Waals surface area contributed by atoms with Gasteiger partial charge in [0.2, 0.25) is 0 Å². The summed E-state index contributed by atoms with van der Waals surface area (Å²) >= 11 is 0. The van der Waals surface area contributed by atoms with Gasteiger partial charge in [-0.1, -0.05) is 6.42 Å². The molecule has 4 heteroatoms. The smallest absolute Gasteiger partial charge is 0.173 e. The van der Waals surface area contributed by atoms with Gasteiger partial charge in [-0.05, 0) is 44.9 Å². The maximum absolute atomic E-state index is 11.1. The highest BCUT2D eigenvalue weighted by Gasteiger charge is 2.22. The molecule has 0 spiro atoms. The van der Waals surface area contributed by atoms with Crippen LogP contribution in [-0.4, -0.2) is 43.2 Å². The first kappa shape index (κ1) is 16.2. The SMILES string of the molecule is C[N+]1(CCCCCCC(=O)/C=N/[O-])CCCCCC1. The predicted molar refractivity (Wildman–Crippen MR) is 79.2 cm³/mol. The van der Waals surface area contributed by atoms with Crippen molar-refractivity contribution in [3.8, 4) is 0 Å². The van der Waals surface area contributed by atoms with Crippen molar-refractivity contribution in [1.82, 2.24) is 0 Å². The van der Waals surface area contributed by atoms with Gasteiger partial charge in [0.25, 0.3) is 0 Å². The van der Waals surface area contributed by atoms with E-state index in [0.717, 1.165) is 19.1 Å². The Labute approximate surface area is 117 Å². The van der Waals surface area contributed by atoms with Crippen LogP contribution in [0, 0.1) is 5.21 Å². The average molecular weight is 268 g/mol. The number of carbonyl (C=O) groups is 1. The number of likely N-dealkylation sites (tertiary alicyclic amines) is 1. The Bertz CT molecular complexity index is 282. The topological polar surface area (TPSA) is 52.5 Å². The van der Waals surface area contributed by atoms with Crippen molar-refractivity contribution in [3.05, 3.63) is 5.21 Å². The lowest BCUT2D eigenvalue weighted by molar-refractivity contribution is -0.909. The van der Waals surface area contributed by atoms with E-state index in [1.165, 1.54) is 62.6 Å². The Morgan fingerprint density at radius 1 is 1.11 bits per heavy atom. The van der Waals surface area contributed by atoms with E-state index < -0.39 is 0 Å².